The van der Waals surface area contributed by atoms with Gasteiger partial charge in [-0.15, -0.1) is 11.8 Å². The Morgan fingerprint density at radius 2 is 1.80 bits per heavy atom. The smallest absolute Gasteiger partial charge is 0.289 e. The number of alkyl halides is 3. The van der Waals surface area contributed by atoms with Crippen LogP contribution in [-0.2, 0) is 11.9 Å². The Kier molecular flexibility index (Phi) is 5.10. The second-order valence-electron chi connectivity index (χ2n) is 6.33. The van der Waals surface area contributed by atoms with Gasteiger partial charge in [0.25, 0.3) is 5.56 Å². The summed E-state index contributed by atoms with van der Waals surface area (Å²) < 4.78 is 68.0. The Labute approximate surface area is 170 Å². The lowest BCUT2D eigenvalue weighted by Crippen LogP contribution is -2.15. The number of thioether (sulfide) groups is 1. The molecule has 0 saturated heterocycles. The molecule has 2 aromatic carbocycles. The van der Waals surface area contributed by atoms with Crippen molar-refractivity contribution in [3.8, 4) is 11.3 Å². The van der Waals surface area contributed by atoms with Crippen LogP contribution in [0.1, 0.15) is 11.3 Å². The number of rotatable bonds is 4. The van der Waals surface area contributed by atoms with Gasteiger partial charge in [0.05, 0.1) is 17.0 Å². The molecule has 4 nitrogen and oxygen atoms in total. The molecule has 0 aliphatic rings. The first kappa shape index (κ1) is 20.1. The zero-order valence-corrected chi connectivity index (χ0v) is 15.8. The van der Waals surface area contributed by atoms with E-state index in [0.717, 1.165) is 28.4 Å². The topological polar surface area (TPSA) is 50.2 Å². The van der Waals surface area contributed by atoms with E-state index in [1.165, 1.54) is 42.5 Å². The van der Waals surface area contributed by atoms with Gasteiger partial charge in [-0.3, -0.25) is 9.89 Å². The quantitative estimate of drug-likeness (QED) is 0.349. The van der Waals surface area contributed by atoms with Crippen LogP contribution >= 0.6 is 11.8 Å². The van der Waals surface area contributed by atoms with Crippen molar-refractivity contribution in [2.45, 2.75) is 16.8 Å². The van der Waals surface area contributed by atoms with Crippen LogP contribution in [0.5, 0.6) is 0 Å². The van der Waals surface area contributed by atoms with Gasteiger partial charge < -0.3 is 0 Å². The summed E-state index contributed by atoms with van der Waals surface area (Å²) >= 11 is 0.956. The molecular weight excluding hydrogens is 425 g/mol. The highest BCUT2D eigenvalue weighted by atomic mass is 32.2. The molecule has 1 N–H and O–H groups in total. The maximum Gasteiger partial charge on any atom is 0.417 e. The van der Waals surface area contributed by atoms with Crippen LogP contribution in [0.3, 0.4) is 0 Å². The average Bonchev–Trinajstić information content (AvgIpc) is 3.13. The third kappa shape index (κ3) is 3.82. The van der Waals surface area contributed by atoms with E-state index in [1.807, 2.05) is 0 Å². The molecule has 0 spiro atoms. The van der Waals surface area contributed by atoms with Crippen molar-refractivity contribution in [1.82, 2.24) is 14.6 Å². The number of halogens is 5. The van der Waals surface area contributed by atoms with Gasteiger partial charge in [-0.2, -0.15) is 13.2 Å². The number of H-pyrrole nitrogens is 1. The number of hydrogen-bond acceptors (Lipinski definition) is 3. The average molecular weight is 437 g/mol. The Morgan fingerprint density at radius 3 is 2.57 bits per heavy atom. The van der Waals surface area contributed by atoms with E-state index in [-0.39, 0.29) is 33.2 Å². The standard InChI is InChI=1S/C20H12F5N3OS/c21-14-6-3-7-16(19(14)22)30-10-11-8-18(29)28-17(26-11)9-15(27-28)12-4-1-2-5-13(12)20(23,24)25/h1-9,27H,10H2. The van der Waals surface area contributed by atoms with E-state index < -0.39 is 28.9 Å². The van der Waals surface area contributed by atoms with E-state index >= 15 is 0 Å². The molecule has 10 heteroatoms. The normalized spacial score (nSPS) is 11.9. The van der Waals surface area contributed by atoms with E-state index in [2.05, 4.69) is 10.1 Å². The zero-order chi connectivity index (χ0) is 21.5. The SMILES string of the molecule is O=c1cc(CSc2cccc(F)c2F)nc2cc(-c3ccccc3C(F)(F)F)[nH]n12. The summed E-state index contributed by atoms with van der Waals surface area (Å²) in [5.74, 6) is -1.90. The number of aromatic amines is 1. The third-order valence-electron chi connectivity index (χ3n) is 4.32. The molecule has 0 atom stereocenters. The lowest BCUT2D eigenvalue weighted by Gasteiger charge is -2.10. The van der Waals surface area contributed by atoms with Gasteiger partial charge in [0.15, 0.2) is 17.3 Å². The molecule has 0 amide bonds. The minimum atomic E-state index is -4.57. The van der Waals surface area contributed by atoms with E-state index in [9.17, 15) is 26.7 Å². The van der Waals surface area contributed by atoms with Gasteiger partial charge in [-0.05, 0) is 18.2 Å². The number of benzene rings is 2. The summed E-state index contributed by atoms with van der Waals surface area (Å²) in [5, 5.41) is 2.64. The number of hydrogen-bond donors (Lipinski definition) is 1. The van der Waals surface area contributed by atoms with Crippen molar-refractivity contribution in [1.29, 1.82) is 0 Å². The number of nitrogens with one attached hydrogen (secondary N) is 1. The van der Waals surface area contributed by atoms with Crippen LogP contribution in [0.4, 0.5) is 22.0 Å². The minimum absolute atomic E-state index is 0.0610. The summed E-state index contributed by atoms with van der Waals surface area (Å²) in [6.07, 6.45) is -4.57. The van der Waals surface area contributed by atoms with Crippen LogP contribution in [0, 0.1) is 11.6 Å². The molecule has 0 radical (unpaired) electrons. The molecule has 0 fully saturated rings. The number of aromatic nitrogens is 3. The molecule has 4 aromatic rings. The molecule has 0 bridgehead atoms. The van der Waals surface area contributed by atoms with Crippen molar-refractivity contribution in [2.24, 2.45) is 0 Å². The van der Waals surface area contributed by atoms with Crippen molar-refractivity contribution < 1.29 is 22.0 Å². The molecule has 154 valence electrons. The van der Waals surface area contributed by atoms with Crippen LogP contribution in [0.2, 0.25) is 0 Å². The molecular formula is C20H12F5N3OS. The van der Waals surface area contributed by atoms with Crippen molar-refractivity contribution >= 4 is 17.4 Å². The predicted octanol–water partition coefficient (Wildman–Crippen LogP) is 5.28. The van der Waals surface area contributed by atoms with Crippen molar-refractivity contribution in [3.05, 3.63) is 87.8 Å². The molecule has 0 aliphatic carbocycles. The predicted molar refractivity (Wildman–Crippen MR) is 102 cm³/mol. The maximum atomic E-state index is 13.8. The molecule has 30 heavy (non-hydrogen) atoms. The van der Waals surface area contributed by atoms with Gasteiger partial charge in [0.1, 0.15) is 0 Å². The summed E-state index contributed by atoms with van der Waals surface area (Å²) in [5.41, 5.74) is -1.03. The number of fused-ring (bicyclic) bond motifs is 1. The largest absolute Gasteiger partial charge is 0.417 e. The first-order valence-corrected chi connectivity index (χ1v) is 9.58. The Hall–Kier alpha value is -3.14. The zero-order valence-electron chi connectivity index (χ0n) is 15.0. The second kappa shape index (κ2) is 7.60. The Morgan fingerprint density at radius 1 is 1.03 bits per heavy atom. The summed E-state index contributed by atoms with van der Waals surface area (Å²) in [7, 11) is 0. The molecule has 0 aliphatic heterocycles. The summed E-state index contributed by atoms with van der Waals surface area (Å²) in [6, 6.07) is 11.3. The molecule has 4 rings (SSSR count). The van der Waals surface area contributed by atoms with Crippen molar-refractivity contribution in [2.75, 3.05) is 0 Å². The number of nitrogens with zero attached hydrogens (tertiary/aromatic N) is 2. The lowest BCUT2D eigenvalue weighted by atomic mass is 10.0. The van der Waals surface area contributed by atoms with E-state index in [0.29, 0.717) is 0 Å². The summed E-state index contributed by atoms with van der Waals surface area (Å²) in [4.78, 5) is 16.7. The monoisotopic (exact) mass is 437 g/mol. The van der Waals surface area contributed by atoms with Crippen LogP contribution in [-0.4, -0.2) is 14.6 Å². The molecule has 2 aromatic heterocycles. The second-order valence-corrected chi connectivity index (χ2v) is 7.35. The fraction of sp³-hybridized carbons (Fsp3) is 0.100. The minimum Gasteiger partial charge on any atom is -0.289 e. The van der Waals surface area contributed by atoms with Gasteiger partial charge in [0, 0.05) is 28.3 Å². The van der Waals surface area contributed by atoms with Crippen LogP contribution < -0.4 is 5.56 Å². The maximum absolute atomic E-state index is 13.8. The molecule has 0 unspecified atom stereocenters. The highest BCUT2D eigenvalue weighted by Gasteiger charge is 2.33. The highest BCUT2D eigenvalue weighted by molar-refractivity contribution is 7.98. The van der Waals surface area contributed by atoms with E-state index in [1.54, 1.807) is 0 Å². The first-order chi connectivity index (χ1) is 14.2. The highest BCUT2D eigenvalue weighted by Crippen LogP contribution is 2.36. The fourth-order valence-corrected chi connectivity index (χ4v) is 3.81. The third-order valence-corrected chi connectivity index (χ3v) is 5.38. The van der Waals surface area contributed by atoms with Gasteiger partial charge in [-0.1, -0.05) is 24.3 Å². The molecule has 0 saturated carbocycles. The van der Waals surface area contributed by atoms with Gasteiger partial charge >= 0.3 is 6.18 Å². The van der Waals surface area contributed by atoms with E-state index in [4.69, 9.17) is 0 Å². The Bertz CT molecular complexity index is 1300. The van der Waals surface area contributed by atoms with Crippen molar-refractivity contribution in [3.63, 3.8) is 0 Å². The Balaban J connectivity index is 1.69. The summed E-state index contributed by atoms with van der Waals surface area (Å²) in [6.45, 7) is 0. The van der Waals surface area contributed by atoms with Gasteiger partial charge in [-0.25, -0.2) is 18.3 Å². The van der Waals surface area contributed by atoms with Crippen LogP contribution in [0.25, 0.3) is 16.9 Å². The lowest BCUT2D eigenvalue weighted by molar-refractivity contribution is -0.137. The first-order valence-electron chi connectivity index (χ1n) is 8.59. The van der Waals surface area contributed by atoms with Gasteiger partial charge in [0.2, 0.25) is 0 Å². The fourth-order valence-electron chi connectivity index (χ4n) is 2.96. The molecule has 2 heterocycles. The van der Waals surface area contributed by atoms with Crippen LogP contribution in [0.15, 0.2) is 64.3 Å².